The Hall–Kier alpha value is -1.62. The fourth-order valence-electron chi connectivity index (χ4n) is 1.91. The van der Waals surface area contributed by atoms with Crippen LogP contribution in [0.1, 0.15) is 26.3 Å². The largest absolute Gasteiger partial charge is 0.357 e. The van der Waals surface area contributed by atoms with Crippen LogP contribution in [-0.2, 0) is 6.54 Å². The first kappa shape index (κ1) is 17.4. The maximum absolute atomic E-state index is 12.8. The van der Waals surface area contributed by atoms with Crippen LogP contribution in [-0.4, -0.2) is 43.6 Å². The van der Waals surface area contributed by atoms with Crippen LogP contribution in [0.2, 0.25) is 0 Å². The molecule has 21 heavy (non-hydrogen) atoms. The van der Waals surface area contributed by atoms with Gasteiger partial charge < -0.3 is 15.5 Å². The molecule has 0 saturated carbocycles. The Balaban J connectivity index is 2.40. The number of aliphatic imine (C=N–C) groups is 1. The Bertz CT molecular complexity index is 428. The molecule has 0 atom stereocenters. The molecule has 0 bridgehead atoms. The van der Waals surface area contributed by atoms with Crippen molar-refractivity contribution in [2.75, 3.05) is 26.7 Å². The first-order valence-electron chi connectivity index (χ1n) is 7.49. The van der Waals surface area contributed by atoms with Gasteiger partial charge in [0.2, 0.25) is 0 Å². The minimum Gasteiger partial charge on any atom is -0.357 e. The van der Waals surface area contributed by atoms with Crippen LogP contribution in [0.4, 0.5) is 4.39 Å². The molecule has 0 unspecified atom stereocenters. The zero-order valence-corrected chi connectivity index (χ0v) is 13.5. The average Bonchev–Trinajstić information content (AvgIpc) is 2.41. The lowest BCUT2D eigenvalue weighted by atomic mass is 10.2. The van der Waals surface area contributed by atoms with Crippen molar-refractivity contribution in [2.24, 2.45) is 4.99 Å². The highest BCUT2D eigenvalue weighted by atomic mass is 19.1. The molecule has 0 aliphatic heterocycles. The van der Waals surface area contributed by atoms with E-state index in [1.165, 1.54) is 12.1 Å². The summed E-state index contributed by atoms with van der Waals surface area (Å²) in [6.45, 7) is 9.46. The molecule has 0 radical (unpaired) electrons. The van der Waals surface area contributed by atoms with E-state index < -0.39 is 0 Å². The van der Waals surface area contributed by atoms with Crippen LogP contribution in [0.3, 0.4) is 0 Å². The van der Waals surface area contributed by atoms with E-state index in [0.717, 1.165) is 37.7 Å². The minimum atomic E-state index is -0.193. The number of hydrogen-bond donors (Lipinski definition) is 2. The van der Waals surface area contributed by atoms with Gasteiger partial charge in [0.1, 0.15) is 5.82 Å². The SMILES string of the molecule is CCNC(=NCCN(C)Cc1ccc(F)cc1)NC(C)C. The van der Waals surface area contributed by atoms with Gasteiger partial charge in [-0.3, -0.25) is 4.99 Å². The Labute approximate surface area is 127 Å². The van der Waals surface area contributed by atoms with E-state index in [0.29, 0.717) is 6.04 Å². The highest BCUT2D eigenvalue weighted by Gasteiger charge is 2.02. The molecule has 0 aliphatic carbocycles. The van der Waals surface area contributed by atoms with E-state index in [1.807, 2.05) is 19.2 Å². The van der Waals surface area contributed by atoms with Crippen molar-refractivity contribution in [1.82, 2.24) is 15.5 Å². The van der Waals surface area contributed by atoms with Crippen molar-refractivity contribution >= 4 is 5.96 Å². The van der Waals surface area contributed by atoms with Crippen molar-refractivity contribution in [1.29, 1.82) is 0 Å². The van der Waals surface area contributed by atoms with Crippen molar-refractivity contribution in [2.45, 2.75) is 33.4 Å². The first-order chi connectivity index (χ1) is 10.0. The summed E-state index contributed by atoms with van der Waals surface area (Å²) >= 11 is 0. The number of halogens is 1. The van der Waals surface area contributed by atoms with E-state index in [1.54, 1.807) is 0 Å². The van der Waals surface area contributed by atoms with Gasteiger partial charge in [0, 0.05) is 25.7 Å². The highest BCUT2D eigenvalue weighted by molar-refractivity contribution is 5.79. The van der Waals surface area contributed by atoms with Gasteiger partial charge in [-0.25, -0.2) is 4.39 Å². The number of guanidine groups is 1. The predicted molar refractivity (Wildman–Crippen MR) is 87.0 cm³/mol. The molecule has 0 spiro atoms. The molecule has 1 aromatic carbocycles. The smallest absolute Gasteiger partial charge is 0.191 e. The summed E-state index contributed by atoms with van der Waals surface area (Å²) in [5, 5.41) is 6.51. The molecule has 0 amide bonds. The molecule has 0 fully saturated rings. The summed E-state index contributed by atoms with van der Waals surface area (Å²) in [6.07, 6.45) is 0. The van der Waals surface area contributed by atoms with E-state index in [-0.39, 0.29) is 5.82 Å². The van der Waals surface area contributed by atoms with Crippen LogP contribution in [0.15, 0.2) is 29.3 Å². The average molecular weight is 294 g/mol. The number of benzene rings is 1. The van der Waals surface area contributed by atoms with Gasteiger partial charge in [-0.05, 0) is 45.5 Å². The fourth-order valence-corrected chi connectivity index (χ4v) is 1.91. The van der Waals surface area contributed by atoms with Gasteiger partial charge in [0.25, 0.3) is 0 Å². The van der Waals surface area contributed by atoms with E-state index in [2.05, 4.69) is 41.3 Å². The van der Waals surface area contributed by atoms with E-state index in [4.69, 9.17) is 0 Å². The lowest BCUT2D eigenvalue weighted by molar-refractivity contribution is 0.336. The molecule has 1 aromatic rings. The highest BCUT2D eigenvalue weighted by Crippen LogP contribution is 2.05. The summed E-state index contributed by atoms with van der Waals surface area (Å²) in [5.41, 5.74) is 1.11. The molecular weight excluding hydrogens is 267 g/mol. The van der Waals surface area contributed by atoms with Crippen LogP contribution < -0.4 is 10.6 Å². The van der Waals surface area contributed by atoms with Gasteiger partial charge >= 0.3 is 0 Å². The molecule has 2 N–H and O–H groups in total. The first-order valence-corrected chi connectivity index (χ1v) is 7.49. The summed E-state index contributed by atoms with van der Waals surface area (Å²) in [7, 11) is 2.04. The molecule has 1 rings (SSSR count). The number of rotatable bonds is 7. The lowest BCUT2D eigenvalue weighted by Crippen LogP contribution is -2.41. The molecule has 0 saturated heterocycles. The number of nitrogens with zero attached hydrogens (tertiary/aromatic N) is 2. The normalized spacial score (nSPS) is 12.0. The van der Waals surface area contributed by atoms with E-state index in [9.17, 15) is 4.39 Å². The van der Waals surface area contributed by atoms with Gasteiger partial charge in [0.15, 0.2) is 5.96 Å². The number of hydrogen-bond acceptors (Lipinski definition) is 2. The molecule has 4 nitrogen and oxygen atoms in total. The van der Waals surface area contributed by atoms with Crippen molar-refractivity contribution in [3.05, 3.63) is 35.6 Å². The third-order valence-corrected chi connectivity index (χ3v) is 2.89. The third kappa shape index (κ3) is 7.66. The van der Waals surface area contributed by atoms with Crippen molar-refractivity contribution in [3.63, 3.8) is 0 Å². The number of nitrogens with one attached hydrogen (secondary N) is 2. The second kappa shape index (κ2) is 9.34. The van der Waals surface area contributed by atoms with Crippen LogP contribution in [0, 0.1) is 5.82 Å². The zero-order chi connectivity index (χ0) is 15.7. The topological polar surface area (TPSA) is 39.7 Å². The number of likely N-dealkylation sites (N-methyl/N-ethyl adjacent to an activating group) is 1. The van der Waals surface area contributed by atoms with Gasteiger partial charge in [0.05, 0.1) is 6.54 Å². The quantitative estimate of drug-likeness (QED) is 0.598. The van der Waals surface area contributed by atoms with E-state index >= 15 is 0 Å². The van der Waals surface area contributed by atoms with Crippen LogP contribution in [0.5, 0.6) is 0 Å². The monoisotopic (exact) mass is 294 g/mol. The lowest BCUT2D eigenvalue weighted by Gasteiger charge is -2.17. The maximum atomic E-state index is 12.8. The van der Waals surface area contributed by atoms with Gasteiger partial charge in [-0.2, -0.15) is 0 Å². The molecule has 118 valence electrons. The van der Waals surface area contributed by atoms with Crippen LogP contribution in [0.25, 0.3) is 0 Å². The standard InChI is InChI=1S/C16H27FN4/c1-5-18-16(20-13(2)3)19-10-11-21(4)12-14-6-8-15(17)9-7-14/h6-9,13H,5,10-12H2,1-4H3,(H2,18,19,20). The predicted octanol–water partition coefficient (Wildman–Crippen LogP) is 2.22. The molecule has 0 aromatic heterocycles. The minimum absolute atomic E-state index is 0.193. The summed E-state index contributed by atoms with van der Waals surface area (Å²) < 4.78 is 12.8. The molecular formula is C16H27FN4. The van der Waals surface area contributed by atoms with Crippen molar-refractivity contribution < 1.29 is 4.39 Å². The molecule has 0 heterocycles. The molecule has 5 heteroatoms. The van der Waals surface area contributed by atoms with Crippen molar-refractivity contribution in [3.8, 4) is 0 Å². The summed E-state index contributed by atoms with van der Waals surface area (Å²) in [5.74, 6) is 0.656. The Morgan fingerprint density at radius 3 is 2.52 bits per heavy atom. The summed E-state index contributed by atoms with van der Waals surface area (Å²) in [6, 6.07) is 6.99. The fraction of sp³-hybridized carbons (Fsp3) is 0.562. The maximum Gasteiger partial charge on any atom is 0.191 e. The third-order valence-electron chi connectivity index (χ3n) is 2.89. The Kier molecular flexibility index (Phi) is 7.75. The van der Waals surface area contributed by atoms with Crippen LogP contribution >= 0.6 is 0 Å². The molecule has 0 aliphatic rings. The Morgan fingerprint density at radius 1 is 1.29 bits per heavy atom. The van der Waals surface area contributed by atoms with Gasteiger partial charge in [-0.1, -0.05) is 12.1 Å². The Morgan fingerprint density at radius 2 is 1.95 bits per heavy atom. The second-order valence-corrected chi connectivity index (χ2v) is 5.42. The second-order valence-electron chi connectivity index (χ2n) is 5.42. The summed E-state index contributed by atoms with van der Waals surface area (Å²) in [4.78, 5) is 6.72. The zero-order valence-electron chi connectivity index (χ0n) is 13.5. The van der Waals surface area contributed by atoms with Gasteiger partial charge in [-0.15, -0.1) is 0 Å².